The summed E-state index contributed by atoms with van der Waals surface area (Å²) < 4.78 is 6.86. The molecule has 1 heterocycles. The SMILES string of the molecule is C=CC(OC(=O)NO)c1cc(-c2ccccc2)n(-c2ccccc2)n1. The molecule has 126 valence electrons. The minimum absolute atomic E-state index is 0.501. The molecule has 0 saturated heterocycles. The van der Waals surface area contributed by atoms with Crippen molar-refractivity contribution in [2.24, 2.45) is 0 Å². The number of ether oxygens (including phenoxy) is 1. The van der Waals surface area contributed by atoms with Crippen molar-refractivity contribution in [1.29, 1.82) is 0 Å². The number of carbonyl (C=O) groups excluding carboxylic acids is 1. The maximum absolute atomic E-state index is 11.3. The fourth-order valence-corrected chi connectivity index (χ4v) is 2.49. The van der Waals surface area contributed by atoms with E-state index in [1.54, 1.807) is 4.68 Å². The molecule has 0 saturated carbocycles. The number of aromatic nitrogens is 2. The summed E-state index contributed by atoms with van der Waals surface area (Å²) in [6, 6.07) is 21.3. The van der Waals surface area contributed by atoms with Gasteiger partial charge in [-0.3, -0.25) is 5.21 Å². The molecule has 1 aromatic heterocycles. The van der Waals surface area contributed by atoms with E-state index in [0.29, 0.717) is 5.69 Å². The van der Waals surface area contributed by atoms with E-state index in [0.717, 1.165) is 16.9 Å². The molecule has 0 radical (unpaired) electrons. The second-order valence-electron chi connectivity index (χ2n) is 5.24. The van der Waals surface area contributed by atoms with Crippen LogP contribution in [0.25, 0.3) is 16.9 Å². The van der Waals surface area contributed by atoms with Crippen molar-refractivity contribution in [3.8, 4) is 16.9 Å². The molecular weight excluding hydrogens is 318 g/mol. The van der Waals surface area contributed by atoms with Gasteiger partial charge in [-0.1, -0.05) is 55.1 Å². The molecule has 3 rings (SSSR count). The van der Waals surface area contributed by atoms with E-state index in [2.05, 4.69) is 11.7 Å². The lowest BCUT2D eigenvalue weighted by atomic mass is 10.1. The first-order valence-electron chi connectivity index (χ1n) is 7.67. The first-order chi connectivity index (χ1) is 12.2. The molecule has 0 aliphatic heterocycles. The number of nitrogens with one attached hydrogen (secondary N) is 1. The van der Waals surface area contributed by atoms with Crippen LogP contribution in [-0.2, 0) is 4.74 Å². The van der Waals surface area contributed by atoms with Crippen LogP contribution in [0.5, 0.6) is 0 Å². The molecule has 0 aliphatic rings. The highest BCUT2D eigenvalue weighted by atomic mass is 16.6. The Morgan fingerprint density at radius 3 is 2.40 bits per heavy atom. The molecule has 6 heteroatoms. The Kier molecular flexibility index (Phi) is 4.92. The summed E-state index contributed by atoms with van der Waals surface area (Å²) in [4.78, 5) is 11.3. The summed E-state index contributed by atoms with van der Waals surface area (Å²) in [6.07, 6.45) is -0.318. The number of carbonyl (C=O) groups is 1. The van der Waals surface area contributed by atoms with Crippen LogP contribution in [0.3, 0.4) is 0 Å². The maximum Gasteiger partial charge on any atom is 0.432 e. The number of benzene rings is 2. The molecule has 1 amide bonds. The third-order valence-electron chi connectivity index (χ3n) is 3.63. The molecular formula is C19H17N3O3. The Labute approximate surface area is 144 Å². The smallest absolute Gasteiger partial charge is 0.432 e. The van der Waals surface area contributed by atoms with Gasteiger partial charge in [0, 0.05) is 5.56 Å². The first-order valence-corrected chi connectivity index (χ1v) is 7.67. The number of hydrogen-bond donors (Lipinski definition) is 2. The van der Waals surface area contributed by atoms with Gasteiger partial charge < -0.3 is 4.74 Å². The van der Waals surface area contributed by atoms with Crippen LogP contribution < -0.4 is 5.48 Å². The molecule has 25 heavy (non-hydrogen) atoms. The van der Waals surface area contributed by atoms with Gasteiger partial charge in [0.1, 0.15) is 5.69 Å². The number of nitrogens with zero attached hydrogens (tertiary/aromatic N) is 2. The molecule has 1 unspecified atom stereocenters. The quantitative estimate of drug-likeness (QED) is 0.421. The summed E-state index contributed by atoms with van der Waals surface area (Å²) in [5, 5.41) is 13.2. The molecule has 0 fully saturated rings. The van der Waals surface area contributed by atoms with Gasteiger partial charge in [0.2, 0.25) is 0 Å². The third-order valence-corrected chi connectivity index (χ3v) is 3.63. The van der Waals surface area contributed by atoms with Gasteiger partial charge in [0.15, 0.2) is 6.10 Å². The minimum atomic E-state index is -0.972. The highest BCUT2D eigenvalue weighted by Gasteiger charge is 2.20. The van der Waals surface area contributed by atoms with E-state index >= 15 is 0 Å². The zero-order chi connectivity index (χ0) is 17.6. The lowest BCUT2D eigenvalue weighted by Gasteiger charge is -2.10. The highest BCUT2D eigenvalue weighted by Crippen LogP contribution is 2.28. The van der Waals surface area contributed by atoms with Gasteiger partial charge >= 0.3 is 6.09 Å². The van der Waals surface area contributed by atoms with E-state index < -0.39 is 12.2 Å². The summed E-state index contributed by atoms with van der Waals surface area (Å²) in [5.74, 6) is 0. The standard InChI is InChI=1S/C19H17N3O3/c1-2-18(25-19(23)21-24)16-13-17(14-9-5-3-6-10-14)22(20-16)15-11-7-4-8-12-15/h2-13,18,24H,1H2,(H,21,23). The van der Waals surface area contributed by atoms with Crippen molar-refractivity contribution in [3.63, 3.8) is 0 Å². The van der Waals surface area contributed by atoms with Crippen molar-refractivity contribution in [2.45, 2.75) is 6.10 Å². The third kappa shape index (κ3) is 3.59. The van der Waals surface area contributed by atoms with Crippen LogP contribution in [0.15, 0.2) is 79.4 Å². The Balaban J connectivity index is 2.09. The number of amides is 1. The normalized spacial score (nSPS) is 11.6. The van der Waals surface area contributed by atoms with Crippen LogP contribution in [0, 0.1) is 0 Å². The Bertz CT molecular complexity index is 803. The first kappa shape index (κ1) is 16.5. The molecule has 6 nitrogen and oxygen atoms in total. The minimum Gasteiger partial charge on any atom is -0.434 e. The van der Waals surface area contributed by atoms with Crippen molar-refractivity contribution in [2.75, 3.05) is 0 Å². The van der Waals surface area contributed by atoms with Crippen LogP contribution in [0.1, 0.15) is 11.8 Å². The van der Waals surface area contributed by atoms with E-state index in [-0.39, 0.29) is 0 Å². The second kappa shape index (κ2) is 7.46. The fraction of sp³-hybridized carbons (Fsp3) is 0.0526. The average molecular weight is 335 g/mol. The van der Waals surface area contributed by atoms with Crippen LogP contribution >= 0.6 is 0 Å². The molecule has 2 aromatic carbocycles. The highest BCUT2D eigenvalue weighted by molar-refractivity contribution is 5.67. The molecule has 0 aliphatic carbocycles. The van der Waals surface area contributed by atoms with E-state index in [1.165, 1.54) is 11.6 Å². The van der Waals surface area contributed by atoms with Crippen molar-refractivity contribution in [1.82, 2.24) is 15.3 Å². The van der Waals surface area contributed by atoms with Gasteiger partial charge in [-0.05, 0) is 24.3 Å². The zero-order valence-electron chi connectivity index (χ0n) is 13.4. The van der Waals surface area contributed by atoms with Crippen molar-refractivity contribution in [3.05, 3.63) is 85.1 Å². The molecule has 0 bridgehead atoms. The predicted molar refractivity (Wildman–Crippen MR) is 93.3 cm³/mol. The van der Waals surface area contributed by atoms with Gasteiger partial charge in [0.25, 0.3) is 0 Å². The largest absolute Gasteiger partial charge is 0.434 e. The lowest BCUT2D eigenvalue weighted by molar-refractivity contribution is 0.0698. The van der Waals surface area contributed by atoms with Crippen molar-refractivity contribution < 1.29 is 14.7 Å². The topological polar surface area (TPSA) is 76.4 Å². The van der Waals surface area contributed by atoms with Gasteiger partial charge in [-0.2, -0.15) is 5.10 Å². The number of para-hydroxylation sites is 1. The Morgan fingerprint density at radius 1 is 1.16 bits per heavy atom. The van der Waals surface area contributed by atoms with Gasteiger partial charge in [0.05, 0.1) is 11.4 Å². The molecule has 3 aromatic rings. The Hall–Kier alpha value is -3.38. The maximum atomic E-state index is 11.3. The van der Waals surface area contributed by atoms with E-state index in [1.807, 2.05) is 66.7 Å². The molecule has 2 N–H and O–H groups in total. The second-order valence-corrected chi connectivity index (χ2v) is 5.24. The van der Waals surface area contributed by atoms with Crippen LogP contribution in [0.2, 0.25) is 0 Å². The summed E-state index contributed by atoms with van der Waals surface area (Å²) in [7, 11) is 0. The van der Waals surface area contributed by atoms with Gasteiger partial charge in [-0.25, -0.2) is 15.0 Å². The number of rotatable bonds is 5. The van der Waals surface area contributed by atoms with Crippen LogP contribution in [-0.4, -0.2) is 21.1 Å². The monoisotopic (exact) mass is 335 g/mol. The van der Waals surface area contributed by atoms with Crippen LogP contribution in [0.4, 0.5) is 4.79 Å². The summed E-state index contributed by atoms with van der Waals surface area (Å²) in [5.41, 5.74) is 4.64. The number of hydroxylamine groups is 1. The number of hydrogen-bond acceptors (Lipinski definition) is 4. The zero-order valence-corrected chi connectivity index (χ0v) is 13.4. The fourth-order valence-electron chi connectivity index (χ4n) is 2.49. The van der Waals surface area contributed by atoms with Gasteiger partial charge in [-0.15, -0.1) is 0 Å². The molecule has 0 spiro atoms. The predicted octanol–water partition coefficient (Wildman–Crippen LogP) is 3.88. The average Bonchev–Trinajstić information content (AvgIpc) is 3.12. The van der Waals surface area contributed by atoms with Crippen molar-refractivity contribution >= 4 is 6.09 Å². The van der Waals surface area contributed by atoms with E-state index in [9.17, 15) is 4.79 Å². The lowest BCUT2D eigenvalue weighted by Crippen LogP contribution is -2.22. The summed E-state index contributed by atoms with van der Waals surface area (Å²) >= 11 is 0. The van der Waals surface area contributed by atoms with E-state index in [4.69, 9.17) is 9.94 Å². The summed E-state index contributed by atoms with van der Waals surface area (Å²) in [6.45, 7) is 3.67. The molecule has 1 atom stereocenters. The Morgan fingerprint density at radius 2 is 1.80 bits per heavy atom.